The van der Waals surface area contributed by atoms with Gasteiger partial charge in [0.2, 0.25) is 0 Å². The first-order valence-electron chi connectivity index (χ1n) is 5.76. The van der Waals surface area contributed by atoms with Gasteiger partial charge in [-0.3, -0.25) is 4.98 Å². The normalized spacial score (nSPS) is 10.7. The Kier molecular flexibility index (Phi) is 3.44. The molecule has 4 nitrogen and oxygen atoms in total. The van der Waals surface area contributed by atoms with Gasteiger partial charge in [-0.2, -0.15) is 0 Å². The minimum atomic E-state index is 0.139. The summed E-state index contributed by atoms with van der Waals surface area (Å²) in [5.41, 5.74) is 7.77. The highest BCUT2D eigenvalue weighted by Gasteiger charge is 2.09. The summed E-state index contributed by atoms with van der Waals surface area (Å²) in [4.78, 5) is 6.26. The summed E-state index contributed by atoms with van der Waals surface area (Å²) in [5.74, 6) is 0. The standard InChI is InChI=1S/C13H17N3O/c1-2-16(7-8-17)13-4-3-12(14)10-5-6-15-9-11(10)13/h3-6,9,17H,2,7-8,14H2,1H3. The lowest BCUT2D eigenvalue weighted by molar-refractivity contribution is 0.302. The van der Waals surface area contributed by atoms with Crippen molar-refractivity contribution in [3.05, 3.63) is 30.6 Å². The molecule has 0 aliphatic heterocycles. The number of hydrogen-bond donors (Lipinski definition) is 2. The lowest BCUT2D eigenvalue weighted by Crippen LogP contribution is -2.26. The van der Waals surface area contributed by atoms with E-state index in [1.165, 1.54) is 0 Å². The lowest BCUT2D eigenvalue weighted by Gasteiger charge is -2.23. The third-order valence-corrected chi connectivity index (χ3v) is 2.92. The Balaban J connectivity index is 2.57. The van der Waals surface area contributed by atoms with Gasteiger partial charge in [0.1, 0.15) is 0 Å². The van der Waals surface area contributed by atoms with Gasteiger partial charge in [-0.25, -0.2) is 0 Å². The minimum Gasteiger partial charge on any atom is -0.398 e. The number of aliphatic hydroxyl groups excluding tert-OH is 1. The molecule has 90 valence electrons. The Morgan fingerprint density at radius 3 is 2.82 bits per heavy atom. The quantitative estimate of drug-likeness (QED) is 0.785. The molecule has 1 aromatic carbocycles. The Bertz CT molecular complexity index is 513. The summed E-state index contributed by atoms with van der Waals surface area (Å²) in [6.45, 7) is 3.66. The lowest BCUT2D eigenvalue weighted by atomic mass is 10.1. The second-order valence-electron chi connectivity index (χ2n) is 3.90. The van der Waals surface area contributed by atoms with Crippen LogP contribution < -0.4 is 10.6 Å². The molecule has 2 rings (SSSR count). The number of fused-ring (bicyclic) bond motifs is 1. The van der Waals surface area contributed by atoms with E-state index in [4.69, 9.17) is 10.8 Å². The number of nitrogens with two attached hydrogens (primary N) is 1. The summed E-state index contributed by atoms with van der Waals surface area (Å²) in [7, 11) is 0. The highest BCUT2D eigenvalue weighted by atomic mass is 16.3. The molecule has 17 heavy (non-hydrogen) atoms. The molecule has 0 saturated carbocycles. The maximum atomic E-state index is 9.07. The number of hydrogen-bond acceptors (Lipinski definition) is 4. The van der Waals surface area contributed by atoms with Crippen molar-refractivity contribution in [3.8, 4) is 0 Å². The van der Waals surface area contributed by atoms with Gasteiger partial charge in [-0.15, -0.1) is 0 Å². The Morgan fingerprint density at radius 2 is 2.12 bits per heavy atom. The average Bonchev–Trinajstić information content (AvgIpc) is 2.37. The second-order valence-corrected chi connectivity index (χ2v) is 3.90. The van der Waals surface area contributed by atoms with E-state index in [1.807, 2.05) is 24.4 Å². The number of aliphatic hydroxyl groups is 1. The van der Waals surface area contributed by atoms with Crippen molar-refractivity contribution >= 4 is 22.1 Å². The molecule has 0 fully saturated rings. The second kappa shape index (κ2) is 5.01. The Morgan fingerprint density at radius 1 is 1.29 bits per heavy atom. The zero-order valence-electron chi connectivity index (χ0n) is 9.93. The van der Waals surface area contributed by atoms with E-state index >= 15 is 0 Å². The van der Waals surface area contributed by atoms with Crippen LogP contribution in [0.3, 0.4) is 0 Å². The fraction of sp³-hybridized carbons (Fsp3) is 0.308. The first kappa shape index (κ1) is 11.7. The third kappa shape index (κ3) is 2.17. The summed E-state index contributed by atoms with van der Waals surface area (Å²) >= 11 is 0. The van der Waals surface area contributed by atoms with Crippen LogP contribution >= 0.6 is 0 Å². The van der Waals surface area contributed by atoms with Crippen LogP contribution in [0, 0.1) is 0 Å². The summed E-state index contributed by atoms with van der Waals surface area (Å²) < 4.78 is 0. The molecule has 0 saturated heterocycles. The van der Waals surface area contributed by atoms with Crippen molar-refractivity contribution in [1.82, 2.24) is 4.98 Å². The number of aromatic nitrogens is 1. The predicted octanol–water partition coefficient (Wildman–Crippen LogP) is 1.64. The van der Waals surface area contributed by atoms with Crippen LogP contribution in [0.5, 0.6) is 0 Å². The van der Waals surface area contributed by atoms with E-state index in [1.54, 1.807) is 6.20 Å². The van der Waals surface area contributed by atoms with E-state index in [-0.39, 0.29) is 6.61 Å². The molecule has 0 amide bonds. The molecule has 0 spiro atoms. The molecular weight excluding hydrogens is 214 g/mol. The number of nitrogens with zero attached hydrogens (tertiary/aromatic N) is 2. The smallest absolute Gasteiger partial charge is 0.0606 e. The number of rotatable bonds is 4. The van der Waals surface area contributed by atoms with Gasteiger partial charge < -0.3 is 15.7 Å². The molecule has 0 aliphatic rings. The van der Waals surface area contributed by atoms with Gasteiger partial charge in [0.25, 0.3) is 0 Å². The molecule has 3 N–H and O–H groups in total. The van der Waals surface area contributed by atoms with E-state index in [9.17, 15) is 0 Å². The van der Waals surface area contributed by atoms with E-state index in [0.717, 1.165) is 28.7 Å². The van der Waals surface area contributed by atoms with Crippen LogP contribution in [0.25, 0.3) is 10.8 Å². The average molecular weight is 231 g/mol. The minimum absolute atomic E-state index is 0.139. The zero-order chi connectivity index (χ0) is 12.3. The van der Waals surface area contributed by atoms with Crippen molar-refractivity contribution in [2.45, 2.75) is 6.92 Å². The summed E-state index contributed by atoms with van der Waals surface area (Å²) in [6.07, 6.45) is 3.56. The van der Waals surface area contributed by atoms with Gasteiger partial charge >= 0.3 is 0 Å². The Hall–Kier alpha value is -1.81. The third-order valence-electron chi connectivity index (χ3n) is 2.92. The molecule has 0 bridgehead atoms. The number of likely N-dealkylation sites (N-methyl/N-ethyl adjacent to an activating group) is 1. The SMILES string of the molecule is CCN(CCO)c1ccc(N)c2ccncc12. The highest BCUT2D eigenvalue weighted by Crippen LogP contribution is 2.29. The number of anilines is 2. The molecular formula is C13H17N3O. The van der Waals surface area contributed by atoms with Gasteiger partial charge in [-0.05, 0) is 25.1 Å². The molecule has 2 aromatic rings. The predicted molar refractivity (Wildman–Crippen MR) is 71.1 cm³/mol. The van der Waals surface area contributed by atoms with E-state index < -0.39 is 0 Å². The molecule has 0 radical (unpaired) electrons. The molecule has 1 aromatic heterocycles. The largest absolute Gasteiger partial charge is 0.398 e. The fourth-order valence-corrected chi connectivity index (χ4v) is 2.04. The number of pyridine rings is 1. The van der Waals surface area contributed by atoms with Crippen molar-refractivity contribution in [1.29, 1.82) is 0 Å². The highest BCUT2D eigenvalue weighted by molar-refractivity contribution is 6.00. The first-order chi connectivity index (χ1) is 8.27. The van der Waals surface area contributed by atoms with E-state index in [2.05, 4.69) is 16.8 Å². The monoisotopic (exact) mass is 231 g/mol. The summed E-state index contributed by atoms with van der Waals surface area (Å²) in [6, 6.07) is 5.80. The van der Waals surface area contributed by atoms with Crippen LogP contribution in [0.15, 0.2) is 30.6 Å². The van der Waals surface area contributed by atoms with E-state index in [0.29, 0.717) is 6.54 Å². The maximum Gasteiger partial charge on any atom is 0.0606 e. The van der Waals surface area contributed by atoms with Crippen LogP contribution in [0.1, 0.15) is 6.92 Å². The molecule has 0 unspecified atom stereocenters. The molecule has 4 heteroatoms. The Labute approximate surface area is 101 Å². The van der Waals surface area contributed by atoms with Crippen LogP contribution in [-0.4, -0.2) is 29.8 Å². The topological polar surface area (TPSA) is 62.4 Å². The molecule has 1 heterocycles. The molecule has 0 aliphatic carbocycles. The zero-order valence-corrected chi connectivity index (χ0v) is 9.93. The fourth-order valence-electron chi connectivity index (χ4n) is 2.04. The van der Waals surface area contributed by atoms with Gasteiger partial charge in [-0.1, -0.05) is 0 Å². The number of benzene rings is 1. The van der Waals surface area contributed by atoms with Crippen molar-refractivity contribution in [3.63, 3.8) is 0 Å². The van der Waals surface area contributed by atoms with Crippen molar-refractivity contribution < 1.29 is 5.11 Å². The maximum absolute atomic E-state index is 9.07. The molecule has 0 atom stereocenters. The van der Waals surface area contributed by atoms with Crippen LogP contribution in [0.4, 0.5) is 11.4 Å². The van der Waals surface area contributed by atoms with Gasteiger partial charge in [0, 0.05) is 47.6 Å². The van der Waals surface area contributed by atoms with Gasteiger partial charge in [0.15, 0.2) is 0 Å². The van der Waals surface area contributed by atoms with Crippen LogP contribution in [-0.2, 0) is 0 Å². The van der Waals surface area contributed by atoms with Crippen LogP contribution in [0.2, 0.25) is 0 Å². The van der Waals surface area contributed by atoms with Crippen molar-refractivity contribution in [2.24, 2.45) is 0 Å². The summed E-state index contributed by atoms with van der Waals surface area (Å²) in [5, 5.41) is 11.1. The van der Waals surface area contributed by atoms with Crippen molar-refractivity contribution in [2.75, 3.05) is 30.3 Å². The first-order valence-corrected chi connectivity index (χ1v) is 5.76. The number of nitrogen functional groups attached to an aromatic ring is 1. The van der Waals surface area contributed by atoms with Gasteiger partial charge in [0.05, 0.1) is 6.61 Å².